The van der Waals surface area contributed by atoms with E-state index in [2.05, 4.69) is 67.0 Å². The molecule has 1 unspecified atom stereocenters. The van der Waals surface area contributed by atoms with Crippen LogP contribution in [0.25, 0.3) is 0 Å². The first-order chi connectivity index (χ1) is 9.62. The summed E-state index contributed by atoms with van der Waals surface area (Å²) in [6.07, 6.45) is 5.60. The topological polar surface area (TPSA) is 33.1 Å². The van der Waals surface area contributed by atoms with Crippen LogP contribution in [0, 0.1) is 0 Å². The minimum absolute atomic E-state index is 0.542. The molecule has 1 heterocycles. The van der Waals surface area contributed by atoms with E-state index in [0.29, 0.717) is 12.1 Å². The molecule has 0 saturated carbocycles. The first-order valence-corrected chi connectivity index (χ1v) is 8.07. The van der Waals surface area contributed by atoms with Crippen LogP contribution in [-0.2, 0) is 6.54 Å². The minimum atomic E-state index is 0.542. The summed E-state index contributed by atoms with van der Waals surface area (Å²) in [4.78, 5) is 2.40. The Kier molecular flexibility index (Phi) is 7.85. The van der Waals surface area contributed by atoms with Gasteiger partial charge in [0, 0.05) is 31.9 Å². The van der Waals surface area contributed by atoms with Crippen molar-refractivity contribution in [2.24, 2.45) is 0 Å². The monoisotopic (exact) mass is 280 g/mol. The quantitative estimate of drug-likeness (QED) is 0.669. The molecule has 4 heteroatoms. The van der Waals surface area contributed by atoms with Gasteiger partial charge in [-0.05, 0) is 39.3 Å². The number of hydrogen-bond acceptors (Lipinski definition) is 3. The van der Waals surface area contributed by atoms with Gasteiger partial charge < -0.3 is 10.2 Å². The Balaban J connectivity index is 2.29. The van der Waals surface area contributed by atoms with Gasteiger partial charge in [0.2, 0.25) is 0 Å². The van der Waals surface area contributed by atoms with Crippen LogP contribution in [0.4, 0.5) is 0 Å². The highest BCUT2D eigenvalue weighted by Gasteiger charge is 2.08. The normalized spacial score (nSPS) is 13.3. The maximum absolute atomic E-state index is 4.66. The van der Waals surface area contributed by atoms with E-state index < -0.39 is 0 Å². The van der Waals surface area contributed by atoms with Gasteiger partial charge in [-0.15, -0.1) is 0 Å². The zero-order valence-corrected chi connectivity index (χ0v) is 13.9. The first-order valence-electron chi connectivity index (χ1n) is 8.07. The summed E-state index contributed by atoms with van der Waals surface area (Å²) in [5, 5.41) is 8.14. The molecule has 20 heavy (non-hydrogen) atoms. The van der Waals surface area contributed by atoms with E-state index >= 15 is 0 Å². The summed E-state index contributed by atoms with van der Waals surface area (Å²) in [5.74, 6) is 0. The molecule has 1 rings (SSSR count). The molecule has 1 atom stereocenters. The predicted molar refractivity (Wildman–Crippen MR) is 85.9 cm³/mol. The highest BCUT2D eigenvalue weighted by Crippen LogP contribution is 2.14. The Bertz CT molecular complexity index is 357. The second kappa shape index (κ2) is 9.14. The Hall–Kier alpha value is -0.870. The molecule has 4 nitrogen and oxygen atoms in total. The molecule has 0 aliphatic carbocycles. The molecule has 0 aliphatic heterocycles. The van der Waals surface area contributed by atoms with Crippen LogP contribution in [0.1, 0.15) is 58.7 Å². The largest absolute Gasteiger partial charge is 0.310 e. The van der Waals surface area contributed by atoms with Crippen molar-refractivity contribution < 1.29 is 0 Å². The van der Waals surface area contributed by atoms with E-state index in [4.69, 9.17) is 0 Å². The number of likely N-dealkylation sites (N-methyl/N-ethyl adjacent to an activating group) is 1. The minimum Gasteiger partial charge on any atom is -0.310 e. The molecule has 0 aromatic carbocycles. The summed E-state index contributed by atoms with van der Waals surface area (Å²) in [5.41, 5.74) is 1.14. The lowest BCUT2D eigenvalue weighted by Gasteiger charge is -2.23. The van der Waals surface area contributed by atoms with Gasteiger partial charge in [0.05, 0.1) is 11.7 Å². The summed E-state index contributed by atoms with van der Waals surface area (Å²) in [6.45, 7) is 11.9. The van der Waals surface area contributed by atoms with Crippen molar-refractivity contribution in [3.05, 3.63) is 18.0 Å². The Morgan fingerprint density at radius 1 is 1.25 bits per heavy atom. The van der Waals surface area contributed by atoms with Gasteiger partial charge in [-0.1, -0.05) is 20.8 Å². The molecule has 0 radical (unpaired) electrons. The molecular formula is C16H32N4. The Morgan fingerprint density at radius 3 is 2.55 bits per heavy atom. The summed E-state index contributed by atoms with van der Waals surface area (Å²) >= 11 is 0. The number of nitrogens with one attached hydrogen (secondary N) is 1. The van der Waals surface area contributed by atoms with Gasteiger partial charge >= 0.3 is 0 Å². The third-order valence-corrected chi connectivity index (χ3v) is 4.27. The summed E-state index contributed by atoms with van der Waals surface area (Å²) in [7, 11) is 2.19. The van der Waals surface area contributed by atoms with Crippen molar-refractivity contribution in [3.8, 4) is 0 Å². The van der Waals surface area contributed by atoms with Gasteiger partial charge in [-0.2, -0.15) is 5.10 Å². The molecular weight excluding hydrogens is 248 g/mol. The Labute approximate surface area is 124 Å². The van der Waals surface area contributed by atoms with Crippen molar-refractivity contribution >= 4 is 0 Å². The molecule has 1 aromatic heterocycles. The van der Waals surface area contributed by atoms with Crippen LogP contribution < -0.4 is 5.32 Å². The van der Waals surface area contributed by atoms with E-state index in [1.807, 2.05) is 0 Å². The number of nitrogens with zero attached hydrogens (tertiary/aromatic N) is 3. The molecule has 0 amide bonds. The SMILES string of the molecule is CCC(C)N(C)CCNCc1ccn(C(CC)CC)n1. The first kappa shape index (κ1) is 17.2. The molecule has 0 spiro atoms. The van der Waals surface area contributed by atoms with Gasteiger partial charge in [0.15, 0.2) is 0 Å². The van der Waals surface area contributed by atoms with Crippen LogP contribution in [-0.4, -0.2) is 40.9 Å². The molecule has 1 N–H and O–H groups in total. The zero-order chi connectivity index (χ0) is 15.0. The maximum Gasteiger partial charge on any atom is 0.0762 e. The van der Waals surface area contributed by atoms with E-state index in [-0.39, 0.29) is 0 Å². The second-order valence-corrected chi connectivity index (χ2v) is 5.67. The van der Waals surface area contributed by atoms with Crippen LogP contribution in [0.15, 0.2) is 12.3 Å². The average Bonchev–Trinajstić information content (AvgIpc) is 2.92. The fourth-order valence-electron chi connectivity index (χ4n) is 2.34. The smallest absolute Gasteiger partial charge is 0.0762 e. The molecule has 0 fully saturated rings. The van der Waals surface area contributed by atoms with Crippen LogP contribution in [0.3, 0.4) is 0 Å². The standard InChI is InChI=1S/C16H32N4/c1-6-14(4)19(5)12-10-17-13-15-9-11-20(18-15)16(7-2)8-3/h9,11,14,16-17H,6-8,10,12-13H2,1-5H3. The van der Waals surface area contributed by atoms with E-state index in [9.17, 15) is 0 Å². The lowest BCUT2D eigenvalue weighted by Crippen LogP contribution is -2.34. The fraction of sp³-hybridized carbons (Fsp3) is 0.812. The predicted octanol–water partition coefficient (Wildman–Crippen LogP) is 3.06. The molecule has 116 valence electrons. The van der Waals surface area contributed by atoms with E-state index in [1.165, 1.54) is 6.42 Å². The van der Waals surface area contributed by atoms with Crippen LogP contribution in [0.2, 0.25) is 0 Å². The molecule has 1 aromatic rings. The molecule has 0 bridgehead atoms. The number of hydrogen-bond donors (Lipinski definition) is 1. The van der Waals surface area contributed by atoms with Crippen molar-refractivity contribution in [2.45, 2.75) is 65.6 Å². The van der Waals surface area contributed by atoms with Crippen molar-refractivity contribution in [3.63, 3.8) is 0 Å². The maximum atomic E-state index is 4.66. The Morgan fingerprint density at radius 2 is 1.95 bits per heavy atom. The summed E-state index contributed by atoms with van der Waals surface area (Å²) < 4.78 is 2.11. The van der Waals surface area contributed by atoms with Gasteiger partial charge in [-0.3, -0.25) is 4.68 Å². The second-order valence-electron chi connectivity index (χ2n) is 5.67. The highest BCUT2D eigenvalue weighted by atomic mass is 15.3. The fourth-order valence-corrected chi connectivity index (χ4v) is 2.34. The average molecular weight is 280 g/mol. The van der Waals surface area contributed by atoms with Crippen LogP contribution in [0.5, 0.6) is 0 Å². The van der Waals surface area contributed by atoms with Gasteiger partial charge in [-0.25, -0.2) is 0 Å². The van der Waals surface area contributed by atoms with E-state index in [1.54, 1.807) is 0 Å². The van der Waals surface area contributed by atoms with E-state index in [0.717, 1.165) is 38.2 Å². The van der Waals surface area contributed by atoms with Gasteiger partial charge in [0.25, 0.3) is 0 Å². The zero-order valence-electron chi connectivity index (χ0n) is 13.9. The van der Waals surface area contributed by atoms with Crippen LogP contribution >= 0.6 is 0 Å². The molecule has 0 aliphatic rings. The summed E-state index contributed by atoms with van der Waals surface area (Å²) in [6, 6.07) is 3.33. The van der Waals surface area contributed by atoms with Crippen molar-refractivity contribution in [2.75, 3.05) is 20.1 Å². The number of aromatic nitrogens is 2. The lowest BCUT2D eigenvalue weighted by atomic mass is 10.2. The van der Waals surface area contributed by atoms with Crippen molar-refractivity contribution in [1.29, 1.82) is 0 Å². The molecule has 0 saturated heterocycles. The third kappa shape index (κ3) is 5.25. The van der Waals surface area contributed by atoms with Crippen molar-refractivity contribution in [1.82, 2.24) is 20.0 Å². The highest BCUT2D eigenvalue weighted by molar-refractivity contribution is 4.99. The number of rotatable bonds is 10. The van der Waals surface area contributed by atoms with Gasteiger partial charge in [0.1, 0.15) is 0 Å². The third-order valence-electron chi connectivity index (χ3n) is 4.27. The lowest BCUT2D eigenvalue weighted by molar-refractivity contribution is 0.251.